The lowest BCUT2D eigenvalue weighted by Gasteiger charge is -2.41. The molecule has 4 rings (SSSR count). The van der Waals surface area contributed by atoms with Crippen molar-refractivity contribution in [2.24, 2.45) is 4.99 Å². The molecule has 2 aliphatic rings. The number of fused-ring (bicyclic) bond motifs is 1. The van der Waals surface area contributed by atoms with E-state index in [1.54, 1.807) is 30.8 Å². The number of benzene rings is 2. The first kappa shape index (κ1) is 23.1. The molecular formula is C26H30N4O2S. The number of thioether (sulfide) groups is 1. The molecule has 6 nitrogen and oxygen atoms in total. The predicted molar refractivity (Wildman–Crippen MR) is 136 cm³/mol. The third kappa shape index (κ3) is 4.83. The molecule has 1 unspecified atom stereocenters. The molecule has 1 saturated heterocycles. The van der Waals surface area contributed by atoms with E-state index in [-0.39, 0.29) is 17.9 Å². The zero-order valence-corrected chi connectivity index (χ0v) is 20.4. The fraction of sp³-hybridized carbons (Fsp3) is 0.346. The highest BCUT2D eigenvalue weighted by molar-refractivity contribution is 8.13. The summed E-state index contributed by atoms with van der Waals surface area (Å²) in [5, 5.41) is 3.98. The number of nitrogens with zero attached hydrogens (tertiary/aromatic N) is 3. The lowest BCUT2D eigenvalue weighted by Crippen LogP contribution is -2.43. The van der Waals surface area contributed by atoms with E-state index in [0.717, 1.165) is 41.6 Å². The van der Waals surface area contributed by atoms with Crippen LogP contribution in [0, 0.1) is 0 Å². The number of amides is 2. The number of hydrogen-bond donors (Lipinski definition) is 1. The van der Waals surface area contributed by atoms with Crippen molar-refractivity contribution in [1.29, 1.82) is 0 Å². The van der Waals surface area contributed by atoms with E-state index in [2.05, 4.69) is 17.1 Å². The van der Waals surface area contributed by atoms with Gasteiger partial charge in [0.05, 0.1) is 17.3 Å². The standard InChI is InChI=1S/C26H30N4O2S/c1-5-18-10-12-19(13-11-18)24(31)28-21-9-6-8-20(16-21)23-22(25(32)29(3)4)17(2)27-26-30(23)14-7-15-33-26/h6,8-13,16,23H,5,7,14-15H2,1-4H3,(H,28,31). The Morgan fingerprint density at radius 1 is 1.18 bits per heavy atom. The molecule has 1 fully saturated rings. The SMILES string of the molecule is CCc1ccc(C(=O)Nc2cccc(C3C(C(=O)N(C)C)=C(C)N=C4SCCCN43)c2)cc1. The van der Waals surface area contributed by atoms with Gasteiger partial charge in [-0.05, 0) is 55.2 Å². The van der Waals surface area contributed by atoms with Crippen molar-refractivity contribution < 1.29 is 9.59 Å². The zero-order chi connectivity index (χ0) is 23.5. The molecule has 2 aromatic carbocycles. The van der Waals surface area contributed by atoms with E-state index in [1.807, 2.05) is 55.5 Å². The van der Waals surface area contributed by atoms with Crippen LogP contribution >= 0.6 is 11.8 Å². The van der Waals surface area contributed by atoms with E-state index < -0.39 is 0 Å². The summed E-state index contributed by atoms with van der Waals surface area (Å²) in [4.78, 5) is 34.6. The Morgan fingerprint density at radius 3 is 2.64 bits per heavy atom. The number of aliphatic imine (C=N–C) groups is 1. The minimum atomic E-state index is -0.235. The summed E-state index contributed by atoms with van der Waals surface area (Å²) in [6.45, 7) is 4.84. The molecule has 1 atom stereocenters. The number of carbonyl (C=O) groups is 2. The monoisotopic (exact) mass is 462 g/mol. The Labute approximate surface area is 199 Å². The quantitative estimate of drug-likeness (QED) is 0.699. The number of carbonyl (C=O) groups excluding carboxylic acids is 2. The van der Waals surface area contributed by atoms with E-state index in [1.165, 1.54) is 5.56 Å². The normalized spacial score (nSPS) is 17.9. The van der Waals surface area contributed by atoms with Crippen LogP contribution in [0.3, 0.4) is 0 Å². The number of likely N-dealkylation sites (N-methyl/N-ethyl adjacent to an activating group) is 1. The van der Waals surface area contributed by atoms with Gasteiger partial charge in [0, 0.05) is 37.6 Å². The molecule has 2 heterocycles. The highest BCUT2D eigenvalue weighted by Gasteiger charge is 2.37. The predicted octanol–water partition coefficient (Wildman–Crippen LogP) is 4.71. The number of nitrogens with one attached hydrogen (secondary N) is 1. The van der Waals surface area contributed by atoms with Crippen molar-refractivity contribution in [3.8, 4) is 0 Å². The lowest BCUT2D eigenvalue weighted by atomic mass is 9.93. The largest absolute Gasteiger partial charge is 0.345 e. The highest BCUT2D eigenvalue weighted by Crippen LogP contribution is 2.40. The van der Waals surface area contributed by atoms with Gasteiger partial charge >= 0.3 is 0 Å². The average molecular weight is 463 g/mol. The molecular weight excluding hydrogens is 432 g/mol. The highest BCUT2D eigenvalue weighted by atomic mass is 32.2. The maximum absolute atomic E-state index is 13.2. The molecule has 0 aromatic heterocycles. The number of rotatable bonds is 5. The van der Waals surface area contributed by atoms with Crippen molar-refractivity contribution >= 4 is 34.4 Å². The number of amidine groups is 1. The summed E-state index contributed by atoms with van der Waals surface area (Å²) in [6.07, 6.45) is 1.97. The van der Waals surface area contributed by atoms with Crippen LogP contribution in [0.2, 0.25) is 0 Å². The van der Waals surface area contributed by atoms with Crippen LogP contribution in [0.5, 0.6) is 0 Å². The molecule has 0 spiro atoms. The zero-order valence-electron chi connectivity index (χ0n) is 19.6. The van der Waals surface area contributed by atoms with Crippen LogP contribution in [0.25, 0.3) is 0 Å². The first-order valence-electron chi connectivity index (χ1n) is 11.3. The maximum Gasteiger partial charge on any atom is 0.255 e. The van der Waals surface area contributed by atoms with Crippen molar-refractivity contribution in [2.45, 2.75) is 32.7 Å². The Balaban J connectivity index is 1.66. The van der Waals surface area contributed by atoms with Gasteiger partial charge < -0.3 is 15.1 Å². The van der Waals surface area contributed by atoms with Gasteiger partial charge in [-0.15, -0.1) is 0 Å². The first-order valence-corrected chi connectivity index (χ1v) is 12.3. The molecule has 0 aliphatic carbocycles. The van der Waals surface area contributed by atoms with E-state index >= 15 is 0 Å². The van der Waals surface area contributed by atoms with Gasteiger partial charge in [0.25, 0.3) is 11.8 Å². The fourth-order valence-corrected chi connectivity index (χ4v) is 5.23. The second-order valence-corrected chi connectivity index (χ2v) is 9.58. The van der Waals surface area contributed by atoms with Gasteiger partial charge in [0.2, 0.25) is 0 Å². The van der Waals surface area contributed by atoms with Crippen molar-refractivity contribution in [3.63, 3.8) is 0 Å². The van der Waals surface area contributed by atoms with Crippen LogP contribution in [0.4, 0.5) is 5.69 Å². The molecule has 7 heteroatoms. The second-order valence-electron chi connectivity index (χ2n) is 8.52. The summed E-state index contributed by atoms with van der Waals surface area (Å²) in [5.74, 6) is 0.839. The van der Waals surface area contributed by atoms with Crippen molar-refractivity contribution in [2.75, 3.05) is 31.7 Å². The Morgan fingerprint density at radius 2 is 1.94 bits per heavy atom. The number of anilines is 1. The van der Waals surface area contributed by atoms with Crippen LogP contribution in [0.1, 0.15) is 47.8 Å². The first-order chi connectivity index (χ1) is 15.9. The molecule has 2 amide bonds. The van der Waals surface area contributed by atoms with Crippen molar-refractivity contribution in [3.05, 3.63) is 76.5 Å². The van der Waals surface area contributed by atoms with Crippen LogP contribution in [-0.4, -0.2) is 53.2 Å². The van der Waals surface area contributed by atoms with Gasteiger partial charge in [0.15, 0.2) is 5.17 Å². The van der Waals surface area contributed by atoms with E-state index in [0.29, 0.717) is 16.8 Å². The summed E-state index contributed by atoms with van der Waals surface area (Å²) < 4.78 is 0. The average Bonchev–Trinajstić information content (AvgIpc) is 2.82. The molecule has 2 aliphatic heterocycles. The third-order valence-electron chi connectivity index (χ3n) is 5.98. The van der Waals surface area contributed by atoms with Crippen LogP contribution in [-0.2, 0) is 11.2 Å². The van der Waals surface area contributed by atoms with E-state index in [9.17, 15) is 9.59 Å². The van der Waals surface area contributed by atoms with Gasteiger partial charge in [-0.25, -0.2) is 4.99 Å². The molecule has 0 bridgehead atoms. The second kappa shape index (κ2) is 9.83. The minimum absolute atomic E-state index is 0.0404. The smallest absolute Gasteiger partial charge is 0.255 e. The molecule has 33 heavy (non-hydrogen) atoms. The van der Waals surface area contributed by atoms with Gasteiger partial charge in [-0.3, -0.25) is 9.59 Å². The van der Waals surface area contributed by atoms with Crippen molar-refractivity contribution in [1.82, 2.24) is 9.80 Å². The molecule has 1 N–H and O–H groups in total. The minimum Gasteiger partial charge on any atom is -0.345 e. The molecule has 172 valence electrons. The van der Waals surface area contributed by atoms with Gasteiger partial charge in [-0.1, -0.05) is 43.0 Å². The van der Waals surface area contributed by atoms with Gasteiger partial charge in [0.1, 0.15) is 0 Å². The summed E-state index contributed by atoms with van der Waals surface area (Å²) in [5.41, 5.74) is 4.93. The number of hydrogen-bond acceptors (Lipinski definition) is 5. The summed E-state index contributed by atoms with van der Waals surface area (Å²) >= 11 is 1.73. The topological polar surface area (TPSA) is 65.0 Å². The number of aryl methyl sites for hydroxylation is 1. The van der Waals surface area contributed by atoms with Crippen LogP contribution in [0.15, 0.2) is 64.8 Å². The molecule has 0 radical (unpaired) electrons. The maximum atomic E-state index is 13.2. The fourth-order valence-electron chi connectivity index (χ4n) is 4.21. The summed E-state index contributed by atoms with van der Waals surface area (Å²) in [6, 6.07) is 15.2. The van der Waals surface area contributed by atoms with Crippen LogP contribution < -0.4 is 5.32 Å². The Hall–Kier alpha value is -3.06. The summed E-state index contributed by atoms with van der Waals surface area (Å²) in [7, 11) is 3.54. The third-order valence-corrected chi connectivity index (χ3v) is 7.06. The Kier molecular flexibility index (Phi) is 6.88. The number of allylic oxidation sites excluding steroid dienone is 1. The Bertz CT molecular complexity index is 1120. The molecule has 2 aromatic rings. The lowest BCUT2D eigenvalue weighted by molar-refractivity contribution is -0.125. The van der Waals surface area contributed by atoms with E-state index in [4.69, 9.17) is 4.99 Å². The van der Waals surface area contributed by atoms with Gasteiger partial charge in [-0.2, -0.15) is 0 Å². The molecule has 0 saturated carbocycles.